The van der Waals surface area contributed by atoms with Gasteiger partial charge >= 0.3 is 0 Å². The van der Waals surface area contributed by atoms with Gasteiger partial charge in [0.1, 0.15) is 0 Å². The van der Waals surface area contributed by atoms with Gasteiger partial charge < -0.3 is 9.62 Å². The van der Waals surface area contributed by atoms with Crippen molar-refractivity contribution in [3.63, 3.8) is 0 Å². The van der Waals surface area contributed by atoms with Gasteiger partial charge in [-0.3, -0.25) is 9.69 Å². The van der Waals surface area contributed by atoms with E-state index in [-0.39, 0.29) is 18.0 Å². The minimum absolute atomic E-state index is 0.163. The van der Waals surface area contributed by atoms with Crippen LogP contribution >= 0.6 is 11.9 Å². The molecule has 1 saturated heterocycles. The van der Waals surface area contributed by atoms with E-state index in [1.807, 2.05) is 24.3 Å². The number of nitrogens with one attached hydrogen (secondary N) is 1. The molecule has 0 spiro atoms. The molecule has 2 aliphatic rings. The van der Waals surface area contributed by atoms with E-state index in [1.54, 1.807) is 11.9 Å². The van der Waals surface area contributed by atoms with Crippen LogP contribution in [0.25, 0.3) is 0 Å². The van der Waals surface area contributed by atoms with Crippen molar-refractivity contribution in [3.05, 3.63) is 29.8 Å². The number of hydrogen-bond donors (Lipinski definition) is 1. The van der Waals surface area contributed by atoms with E-state index in [0.29, 0.717) is 0 Å². The lowest BCUT2D eigenvalue weighted by molar-refractivity contribution is 0.0278. The van der Waals surface area contributed by atoms with Crippen molar-refractivity contribution >= 4 is 23.5 Å². The predicted molar refractivity (Wildman–Crippen MR) is 102 cm³/mol. The second-order valence-corrected chi connectivity index (χ2v) is 8.25. The molecule has 4 nitrogen and oxygen atoms in total. The van der Waals surface area contributed by atoms with Crippen molar-refractivity contribution in [2.24, 2.45) is 5.92 Å². The quantitative estimate of drug-likeness (QED) is 0.796. The molecule has 1 aliphatic heterocycles. The van der Waals surface area contributed by atoms with Crippen LogP contribution in [0.3, 0.4) is 0 Å². The highest BCUT2D eigenvalue weighted by Gasteiger charge is 2.35. The van der Waals surface area contributed by atoms with E-state index in [4.69, 9.17) is 0 Å². The van der Waals surface area contributed by atoms with Crippen LogP contribution in [-0.2, 0) is 0 Å². The summed E-state index contributed by atoms with van der Waals surface area (Å²) in [6.45, 7) is 9.69. The number of anilines is 1. The van der Waals surface area contributed by atoms with Gasteiger partial charge in [-0.2, -0.15) is 0 Å². The van der Waals surface area contributed by atoms with Crippen LogP contribution < -0.4 is 4.72 Å². The number of benzene rings is 1. The Bertz CT molecular complexity index is 546. The van der Waals surface area contributed by atoms with Crippen LogP contribution in [0.5, 0.6) is 0 Å². The zero-order valence-corrected chi connectivity index (χ0v) is 15.8. The first-order valence-corrected chi connectivity index (χ1v) is 10.1. The molecule has 1 aromatic carbocycles. The second kappa shape index (κ2) is 7.79. The van der Waals surface area contributed by atoms with Gasteiger partial charge in [0.05, 0.1) is 0 Å². The molecule has 1 heterocycles. The topological polar surface area (TPSA) is 35.6 Å². The van der Waals surface area contributed by atoms with Gasteiger partial charge in [-0.05, 0) is 56.9 Å². The fraction of sp³-hybridized carbons (Fsp3) is 0.632. The highest BCUT2D eigenvalue weighted by Crippen LogP contribution is 2.31. The average Bonchev–Trinajstić information content (AvgIpc) is 3.36. The molecule has 1 amide bonds. The molecule has 0 radical (unpaired) electrons. The van der Waals surface area contributed by atoms with Crippen molar-refractivity contribution in [1.29, 1.82) is 0 Å². The zero-order chi connectivity index (χ0) is 17.1. The van der Waals surface area contributed by atoms with Gasteiger partial charge in [-0.1, -0.05) is 18.9 Å². The number of piperazine rings is 1. The number of carbonyl (C=O) groups is 1. The number of nitrogens with zero attached hydrogens (tertiary/aromatic N) is 2. The Labute approximate surface area is 150 Å². The Morgan fingerprint density at radius 1 is 1.17 bits per heavy atom. The number of carbonyl (C=O) groups excluding carboxylic acids is 1. The summed E-state index contributed by atoms with van der Waals surface area (Å²) in [5.41, 5.74) is 1.84. The largest absolute Gasteiger partial charge is 0.331 e. The number of amides is 1. The first-order chi connectivity index (χ1) is 11.6. The third-order valence-electron chi connectivity index (χ3n) is 4.91. The highest BCUT2D eigenvalue weighted by atomic mass is 32.2. The molecule has 1 aliphatic carbocycles. The molecule has 5 heteroatoms. The first kappa shape index (κ1) is 17.6. The van der Waals surface area contributed by atoms with E-state index in [0.717, 1.165) is 36.0 Å². The van der Waals surface area contributed by atoms with Gasteiger partial charge in [-0.25, -0.2) is 0 Å². The maximum absolute atomic E-state index is 13.0. The molecule has 2 atom stereocenters. The van der Waals surface area contributed by atoms with Crippen LogP contribution in [0.15, 0.2) is 24.3 Å². The Balaban J connectivity index is 1.62. The monoisotopic (exact) mass is 347 g/mol. The molecule has 3 rings (SSSR count). The molecular formula is C19H29N3OS. The summed E-state index contributed by atoms with van der Waals surface area (Å²) >= 11 is 1.66. The minimum atomic E-state index is 0.163. The van der Waals surface area contributed by atoms with Gasteiger partial charge in [0.2, 0.25) is 0 Å². The Kier molecular flexibility index (Phi) is 5.72. The summed E-state index contributed by atoms with van der Waals surface area (Å²) in [7, 11) is 0. The molecule has 0 aromatic heterocycles. The van der Waals surface area contributed by atoms with E-state index >= 15 is 0 Å². The van der Waals surface area contributed by atoms with E-state index in [2.05, 4.69) is 35.3 Å². The smallest absolute Gasteiger partial charge is 0.254 e. The van der Waals surface area contributed by atoms with Gasteiger partial charge in [0, 0.05) is 48.7 Å². The van der Waals surface area contributed by atoms with Crippen molar-refractivity contribution in [1.82, 2.24) is 9.80 Å². The molecule has 2 fully saturated rings. The van der Waals surface area contributed by atoms with E-state index < -0.39 is 0 Å². The van der Waals surface area contributed by atoms with Crippen LogP contribution in [0.1, 0.15) is 44.0 Å². The summed E-state index contributed by atoms with van der Waals surface area (Å²) in [5, 5.41) is 0. The van der Waals surface area contributed by atoms with Crippen LogP contribution in [0, 0.1) is 5.92 Å². The second-order valence-electron chi connectivity index (χ2n) is 7.18. The van der Waals surface area contributed by atoms with Crippen molar-refractivity contribution in [3.8, 4) is 0 Å². The lowest BCUT2D eigenvalue weighted by atomic mass is 10.0. The molecule has 2 unspecified atom stereocenters. The Hall–Kier alpha value is -1.20. The molecule has 1 aromatic rings. The molecule has 132 valence electrons. The van der Waals surface area contributed by atoms with Gasteiger partial charge in [0.25, 0.3) is 5.91 Å². The molecule has 1 N–H and O–H groups in total. The third-order valence-corrected chi connectivity index (χ3v) is 5.58. The SMILES string of the molecule is CCSNc1ccc(C(=O)N2C(C)CN(CC3CC3)CC2C)cc1. The summed E-state index contributed by atoms with van der Waals surface area (Å²) in [6.07, 6.45) is 2.78. The predicted octanol–water partition coefficient (Wildman–Crippen LogP) is 3.71. The molecule has 0 bridgehead atoms. The van der Waals surface area contributed by atoms with Crippen LogP contribution in [-0.4, -0.2) is 53.2 Å². The van der Waals surface area contributed by atoms with Crippen molar-refractivity contribution in [2.45, 2.75) is 45.7 Å². The summed E-state index contributed by atoms with van der Waals surface area (Å²) in [5.74, 6) is 2.09. The van der Waals surface area contributed by atoms with Crippen molar-refractivity contribution in [2.75, 3.05) is 30.1 Å². The van der Waals surface area contributed by atoms with Crippen LogP contribution in [0.4, 0.5) is 5.69 Å². The first-order valence-electron chi connectivity index (χ1n) is 9.11. The molecular weight excluding hydrogens is 318 g/mol. The highest BCUT2D eigenvalue weighted by molar-refractivity contribution is 8.00. The van der Waals surface area contributed by atoms with Gasteiger partial charge in [0.15, 0.2) is 0 Å². The summed E-state index contributed by atoms with van der Waals surface area (Å²) < 4.78 is 3.27. The average molecular weight is 348 g/mol. The zero-order valence-electron chi connectivity index (χ0n) is 15.0. The van der Waals surface area contributed by atoms with Crippen molar-refractivity contribution < 1.29 is 4.79 Å². The fourth-order valence-electron chi connectivity index (χ4n) is 3.63. The van der Waals surface area contributed by atoms with E-state index in [1.165, 1.54) is 19.4 Å². The van der Waals surface area contributed by atoms with Gasteiger partial charge in [-0.15, -0.1) is 0 Å². The Morgan fingerprint density at radius 2 is 1.79 bits per heavy atom. The summed E-state index contributed by atoms with van der Waals surface area (Å²) in [6, 6.07) is 8.42. The Morgan fingerprint density at radius 3 is 2.33 bits per heavy atom. The van der Waals surface area contributed by atoms with E-state index in [9.17, 15) is 4.79 Å². The normalized spacial score (nSPS) is 24.9. The number of rotatable bonds is 6. The lowest BCUT2D eigenvalue weighted by Crippen LogP contribution is -2.58. The lowest BCUT2D eigenvalue weighted by Gasteiger charge is -2.44. The fourth-order valence-corrected chi connectivity index (χ4v) is 4.08. The maximum Gasteiger partial charge on any atom is 0.254 e. The maximum atomic E-state index is 13.0. The summed E-state index contributed by atoms with van der Waals surface area (Å²) in [4.78, 5) is 17.6. The molecule has 24 heavy (non-hydrogen) atoms. The molecule has 1 saturated carbocycles. The number of hydrogen-bond acceptors (Lipinski definition) is 4. The minimum Gasteiger partial charge on any atom is -0.331 e. The van der Waals surface area contributed by atoms with Crippen LogP contribution in [0.2, 0.25) is 0 Å². The standard InChI is InChI=1S/C19H29N3OS/c1-4-24-20-18-9-7-17(8-10-18)19(23)22-14(2)11-21(12-15(22)3)13-16-5-6-16/h7-10,14-16,20H,4-6,11-13H2,1-3H3. The third kappa shape index (κ3) is 4.25.